The van der Waals surface area contributed by atoms with Gasteiger partial charge in [0.1, 0.15) is 0 Å². The summed E-state index contributed by atoms with van der Waals surface area (Å²) in [5.74, 6) is 0. The molecule has 0 fully saturated rings. The van der Waals surface area contributed by atoms with Gasteiger partial charge < -0.3 is 4.57 Å². The molecule has 0 aliphatic heterocycles. The van der Waals surface area contributed by atoms with E-state index >= 15 is 0 Å². The Balaban J connectivity index is 1.54. The van der Waals surface area contributed by atoms with E-state index in [9.17, 15) is 5.26 Å². The van der Waals surface area contributed by atoms with E-state index in [2.05, 4.69) is 113 Å². The van der Waals surface area contributed by atoms with Crippen molar-refractivity contribution in [2.45, 2.75) is 0 Å². The Morgan fingerprint density at radius 3 is 1.85 bits per heavy atom. The van der Waals surface area contributed by atoms with Gasteiger partial charge >= 0.3 is 0 Å². The molecule has 2 heterocycles. The van der Waals surface area contributed by atoms with Gasteiger partial charge in [-0.1, -0.05) is 78.9 Å². The molecule has 3 nitrogen and oxygen atoms in total. The van der Waals surface area contributed by atoms with Crippen molar-refractivity contribution in [1.29, 1.82) is 5.26 Å². The topological polar surface area (TPSA) is 41.6 Å². The van der Waals surface area contributed by atoms with Crippen molar-refractivity contribution in [3.05, 3.63) is 121 Å². The molecule has 3 heteroatoms. The molecule has 0 aliphatic rings. The number of benzene rings is 4. The zero-order chi connectivity index (χ0) is 22.2. The fraction of sp³-hybridized carbons (Fsp3) is 0. The Morgan fingerprint density at radius 2 is 1.18 bits per heavy atom. The van der Waals surface area contributed by atoms with Crippen LogP contribution in [0.3, 0.4) is 0 Å². The van der Waals surface area contributed by atoms with Gasteiger partial charge in [-0.05, 0) is 35.4 Å². The van der Waals surface area contributed by atoms with Gasteiger partial charge in [-0.15, -0.1) is 0 Å². The second-order valence-electron chi connectivity index (χ2n) is 8.00. The van der Waals surface area contributed by atoms with Crippen molar-refractivity contribution in [1.82, 2.24) is 9.55 Å². The van der Waals surface area contributed by atoms with Crippen LogP contribution in [0.4, 0.5) is 0 Å². The van der Waals surface area contributed by atoms with Gasteiger partial charge in [0, 0.05) is 34.3 Å². The van der Waals surface area contributed by atoms with E-state index < -0.39 is 0 Å². The minimum atomic E-state index is 0.628. The predicted octanol–water partition coefficient (Wildman–Crippen LogP) is 7.38. The average molecular weight is 422 g/mol. The molecule has 0 saturated carbocycles. The molecule has 6 aromatic rings. The number of fused-ring (bicyclic) bond motifs is 3. The Bertz CT molecular complexity index is 1610. The molecule has 0 radical (unpaired) electrons. The Morgan fingerprint density at radius 1 is 0.606 bits per heavy atom. The van der Waals surface area contributed by atoms with E-state index in [0.29, 0.717) is 5.56 Å². The average Bonchev–Trinajstić information content (AvgIpc) is 3.23. The first-order chi connectivity index (χ1) is 16.3. The van der Waals surface area contributed by atoms with Crippen molar-refractivity contribution >= 4 is 21.8 Å². The predicted molar refractivity (Wildman–Crippen MR) is 134 cm³/mol. The minimum Gasteiger partial charge on any atom is -0.309 e. The molecule has 0 saturated heterocycles. The molecule has 2 aromatic heterocycles. The van der Waals surface area contributed by atoms with E-state index in [1.165, 1.54) is 21.8 Å². The zero-order valence-electron chi connectivity index (χ0n) is 17.8. The van der Waals surface area contributed by atoms with Crippen LogP contribution in [-0.4, -0.2) is 9.55 Å². The van der Waals surface area contributed by atoms with Crippen LogP contribution in [0, 0.1) is 11.3 Å². The summed E-state index contributed by atoms with van der Waals surface area (Å²) in [6, 6.07) is 38.0. The molecule has 0 N–H and O–H groups in total. The van der Waals surface area contributed by atoms with Crippen LogP contribution in [0.1, 0.15) is 5.56 Å². The van der Waals surface area contributed by atoms with Gasteiger partial charge in [0.05, 0.1) is 28.4 Å². The molecule has 0 spiro atoms. The third kappa shape index (κ3) is 3.09. The summed E-state index contributed by atoms with van der Waals surface area (Å²) in [5.41, 5.74) is 8.26. The molecule has 0 unspecified atom stereocenters. The summed E-state index contributed by atoms with van der Waals surface area (Å²) in [6.07, 6.45) is 3.40. The highest BCUT2D eigenvalue weighted by Gasteiger charge is 2.15. The summed E-state index contributed by atoms with van der Waals surface area (Å²) in [5, 5.41) is 11.9. The lowest BCUT2D eigenvalue weighted by Gasteiger charge is -2.14. The first-order valence-electron chi connectivity index (χ1n) is 10.9. The van der Waals surface area contributed by atoms with E-state index in [0.717, 1.165) is 27.9 Å². The molecule has 4 aromatic carbocycles. The Labute approximate surface area is 191 Å². The molecule has 0 bridgehead atoms. The van der Waals surface area contributed by atoms with E-state index in [4.69, 9.17) is 0 Å². The van der Waals surface area contributed by atoms with Gasteiger partial charge in [-0.25, -0.2) is 0 Å². The summed E-state index contributed by atoms with van der Waals surface area (Å²) >= 11 is 0. The third-order valence-corrected chi connectivity index (χ3v) is 6.17. The lowest BCUT2D eigenvalue weighted by atomic mass is 9.98. The van der Waals surface area contributed by atoms with Crippen LogP contribution in [0.15, 0.2) is 116 Å². The van der Waals surface area contributed by atoms with E-state index in [-0.39, 0.29) is 0 Å². The maximum Gasteiger partial charge on any atom is 0.0999 e. The van der Waals surface area contributed by atoms with Crippen molar-refractivity contribution in [2.75, 3.05) is 0 Å². The molecule has 0 aliphatic carbocycles. The van der Waals surface area contributed by atoms with Crippen LogP contribution in [-0.2, 0) is 0 Å². The van der Waals surface area contributed by atoms with Gasteiger partial charge in [-0.3, -0.25) is 4.98 Å². The maximum absolute atomic E-state index is 9.45. The summed E-state index contributed by atoms with van der Waals surface area (Å²) in [4.78, 5) is 4.20. The number of hydrogen-bond acceptors (Lipinski definition) is 2. The van der Waals surface area contributed by atoms with Crippen LogP contribution in [0.5, 0.6) is 0 Å². The zero-order valence-corrected chi connectivity index (χ0v) is 17.8. The van der Waals surface area contributed by atoms with Crippen LogP contribution >= 0.6 is 0 Å². The number of pyridine rings is 1. The molecule has 33 heavy (non-hydrogen) atoms. The Hall–Kier alpha value is -4.68. The second kappa shape index (κ2) is 7.78. The highest BCUT2D eigenvalue weighted by Crippen LogP contribution is 2.36. The molecule has 0 atom stereocenters. The molecule has 6 rings (SSSR count). The first-order valence-corrected chi connectivity index (χ1v) is 10.9. The second-order valence-corrected chi connectivity index (χ2v) is 8.00. The molecular formula is C30H19N3. The van der Waals surface area contributed by atoms with Crippen molar-refractivity contribution < 1.29 is 0 Å². The number of hydrogen-bond donors (Lipinski definition) is 0. The van der Waals surface area contributed by atoms with Gasteiger partial charge in [0.25, 0.3) is 0 Å². The fourth-order valence-corrected chi connectivity index (χ4v) is 4.65. The smallest absolute Gasteiger partial charge is 0.0999 e. The van der Waals surface area contributed by atoms with Gasteiger partial charge in [0.2, 0.25) is 0 Å². The first kappa shape index (κ1) is 19.0. The van der Waals surface area contributed by atoms with E-state index in [1.54, 1.807) is 18.5 Å². The summed E-state index contributed by atoms with van der Waals surface area (Å²) < 4.78 is 2.35. The molecular weight excluding hydrogens is 402 g/mol. The highest BCUT2D eigenvalue weighted by molar-refractivity contribution is 6.09. The monoisotopic (exact) mass is 421 g/mol. The molecule has 154 valence electrons. The fourth-order valence-electron chi connectivity index (χ4n) is 4.65. The standard InChI is InChI=1S/C30H19N3/c31-19-23-17-18-32-20-27(23)22-15-13-21(14-16-22)24-7-1-4-10-28(24)33-29-11-5-2-8-25(29)26-9-3-6-12-30(26)33/h1-18,20H. The van der Waals surface area contributed by atoms with Crippen molar-refractivity contribution in [3.8, 4) is 34.0 Å². The van der Waals surface area contributed by atoms with Crippen LogP contribution in [0.2, 0.25) is 0 Å². The summed E-state index contributed by atoms with van der Waals surface area (Å²) in [7, 11) is 0. The third-order valence-electron chi connectivity index (χ3n) is 6.17. The van der Waals surface area contributed by atoms with Gasteiger partial charge in [-0.2, -0.15) is 5.26 Å². The van der Waals surface area contributed by atoms with Crippen LogP contribution < -0.4 is 0 Å². The SMILES string of the molecule is N#Cc1ccncc1-c1ccc(-c2ccccc2-n2c3ccccc3c3ccccc32)cc1. The largest absolute Gasteiger partial charge is 0.309 e. The quantitative estimate of drug-likeness (QED) is 0.299. The number of rotatable bonds is 3. The Kier molecular flexibility index (Phi) is 4.49. The number of nitriles is 1. The number of nitrogens with zero attached hydrogens (tertiary/aromatic N) is 3. The van der Waals surface area contributed by atoms with Crippen LogP contribution in [0.25, 0.3) is 49.7 Å². The maximum atomic E-state index is 9.45. The summed E-state index contributed by atoms with van der Waals surface area (Å²) in [6.45, 7) is 0. The minimum absolute atomic E-state index is 0.628. The normalized spacial score (nSPS) is 11.0. The lowest BCUT2D eigenvalue weighted by molar-refractivity contribution is 1.18. The highest BCUT2D eigenvalue weighted by atomic mass is 15.0. The van der Waals surface area contributed by atoms with Gasteiger partial charge in [0.15, 0.2) is 0 Å². The van der Waals surface area contributed by atoms with Crippen molar-refractivity contribution in [2.24, 2.45) is 0 Å². The van der Waals surface area contributed by atoms with Crippen molar-refractivity contribution in [3.63, 3.8) is 0 Å². The molecule has 0 amide bonds. The van der Waals surface area contributed by atoms with E-state index in [1.807, 2.05) is 0 Å². The lowest BCUT2D eigenvalue weighted by Crippen LogP contribution is -1.97. The number of aromatic nitrogens is 2. The number of para-hydroxylation sites is 3.